The summed E-state index contributed by atoms with van der Waals surface area (Å²) in [5, 5.41) is 3.42. The first kappa shape index (κ1) is 15.3. The summed E-state index contributed by atoms with van der Waals surface area (Å²) in [4.78, 5) is 2.34. The molecule has 1 aromatic rings. The minimum atomic E-state index is -0.264. The van der Waals surface area contributed by atoms with Gasteiger partial charge in [0, 0.05) is 12.6 Å². The number of halogens is 1. The Balaban J connectivity index is 1.96. The van der Waals surface area contributed by atoms with E-state index < -0.39 is 0 Å². The molecule has 3 nitrogen and oxygen atoms in total. The lowest BCUT2D eigenvalue weighted by Gasteiger charge is -2.27. The van der Waals surface area contributed by atoms with Gasteiger partial charge >= 0.3 is 0 Å². The Labute approximate surface area is 121 Å². The van der Waals surface area contributed by atoms with Crippen molar-refractivity contribution in [2.45, 2.75) is 38.8 Å². The van der Waals surface area contributed by atoms with E-state index in [0.717, 1.165) is 31.6 Å². The fourth-order valence-corrected chi connectivity index (χ4v) is 2.77. The van der Waals surface area contributed by atoms with E-state index in [1.807, 2.05) is 13.0 Å². The monoisotopic (exact) mass is 280 g/mol. The minimum absolute atomic E-state index is 0.264. The lowest BCUT2D eigenvalue weighted by molar-refractivity contribution is 0.216. The van der Waals surface area contributed by atoms with E-state index >= 15 is 0 Å². The van der Waals surface area contributed by atoms with Gasteiger partial charge in [0.2, 0.25) is 0 Å². The molecule has 0 amide bonds. The van der Waals surface area contributed by atoms with Crippen LogP contribution in [0.5, 0.6) is 5.75 Å². The van der Waals surface area contributed by atoms with Crippen LogP contribution in [0.15, 0.2) is 18.2 Å². The van der Waals surface area contributed by atoms with E-state index in [0.29, 0.717) is 18.4 Å². The molecule has 1 aromatic carbocycles. The van der Waals surface area contributed by atoms with Gasteiger partial charge in [0.15, 0.2) is 11.6 Å². The molecule has 0 spiro atoms. The fraction of sp³-hybridized carbons (Fsp3) is 0.625. The number of ether oxygens (including phenoxy) is 1. The number of nitrogens with zero attached hydrogens (tertiary/aromatic N) is 1. The second kappa shape index (κ2) is 7.60. The van der Waals surface area contributed by atoms with Crippen molar-refractivity contribution in [3.05, 3.63) is 29.6 Å². The fourth-order valence-electron chi connectivity index (χ4n) is 2.77. The van der Waals surface area contributed by atoms with E-state index in [1.54, 1.807) is 12.1 Å². The highest BCUT2D eigenvalue weighted by Crippen LogP contribution is 2.20. The van der Waals surface area contributed by atoms with Crippen LogP contribution in [0.2, 0.25) is 0 Å². The molecule has 1 unspecified atom stereocenters. The zero-order valence-electron chi connectivity index (χ0n) is 12.5. The Morgan fingerprint density at radius 2 is 2.20 bits per heavy atom. The topological polar surface area (TPSA) is 24.5 Å². The van der Waals surface area contributed by atoms with Crippen molar-refractivity contribution in [2.24, 2.45) is 0 Å². The molecule has 4 heteroatoms. The Morgan fingerprint density at radius 1 is 1.35 bits per heavy atom. The molecule has 2 rings (SSSR count). The molecule has 1 N–H and O–H groups in total. The summed E-state index contributed by atoms with van der Waals surface area (Å²) in [7, 11) is 2.13. The first-order valence-electron chi connectivity index (χ1n) is 7.53. The highest BCUT2D eigenvalue weighted by molar-refractivity contribution is 5.29. The Kier molecular flexibility index (Phi) is 5.80. The lowest BCUT2D eigenvalue weighted by atomic mass is 10.1. The number of hydrogen-bond donors (Lipinski definition) is 1. The van der Waals surface area contributed by atoms with Gasteiger partial charge in [0.25, 0.3) is 0 Å². The van der Waals surface area contributed by atoms with Crippen LogP contribution in [0.25, 0.3) is 0 Å². The summed E-state index contributed by atoms with van der Waals surface area (Å²) in [6.07, 6.45) is 3.59. The summed E-state index contributed by atoms with van der Waals surface area (Å²) in [5.74, 6) is 0.0813. The smallest absolute Gasteiger partial charge is 0.165 e. The molecule has 0 bridgehead atoms. The van der Waals surface area contributed by atoms with E-state index in [9.17, 15) is 4.39 Å². The van der Waals surface area contributed by atoms with E-state index in [2.05, 4.69) is 17.3 Å². The maximum atomic E-state index is 13.8. The van der Waals surface area contributed by atoms with Crippen molar-refractivity contribution >= 4 is 0 Å². The normalized spacial score (nSPS) is 19.9. The summed E-state index contributed by atoms with van der Waals surface area (Å²) in [6, 6.07) is 5.87. The summed E-state index contributed by atoms with van der Waals surface area (Å²) >= 11 is 0. The standard InChI is InChI=1S/C16H25FN2O/c1-3-20-16-7-6-13(11-15(16)17)12-19(2)14-5-4-9-18-10-8-14/h6-7,11,14,18H,3-5,8-10,12H2,1-2H3. The molecule has 0 saturated carbocycles. The summed E-state index contributed by atoms with van der Waals surface area (Å²) in [6.45, 7) is 5.33. The summed E-state index contributed by atoms with van der Waals surface area (Å²) in [5.41, 5.74) is 1.01. The number of benzene rings is 1. The third kappa shape index (κ3) is 4.18. The molecule has 0 radical (unpaired) electrons. The van der Waals surface area contributed by atoms with Crippen LogP contribution in [0, 0.1) is 5.82 Å². The molecule has 0 aliphatic carbocycles. The highest BCUT2D eigenvalue weighted by atomic mass is 19.1. The quantitative estimate of drug-likeness (QED) is 0.897. The molecule has 1 aliphatic rings. The average molecular weight is 280 g/mol. The first-order valence-corrected chi connectivity index (χ1v) is 7.53. The van der Waals surface area contributed by atoms with Gasteiger partial charge < -0.3 is 10.1 Å². The summed E-state index contributed by atoms with van der Waals surface area (Å²) < 4.78 is 19.1. The average Bonchev–Trinajstić information content (AvgIpc) is 2.71. The minimum Gasteiger partial charge on any atom is -0.491 e. The zero-order chi connectivity index (χ0) is 14.4. The number of hydrogen-bond acceptors (Lipinski definition) is 3. The Bertz CT molecular complexity index is 417. The molecule has 1 saturated heterocycles. The third-order valence-corrected chi connectivity index (χ3v) is 3.90. The van der Waals surface area contributed by atoms with Crippen LogP contribution in [-0.2, 0) is 6.54 Å². The molecule has 0 aromatic heterocycles. The molecule has 1 fully saturated rings. The second-order valence-corrected chi connectivity index (χ2v) is 5.45. The van der Waals surface area contributed by atoms with E-state index in [4.69, 9.17) is 4.74 Å². The van der Waals surface area contributed by atoms with Crippen molar-refractivity contribution in [3.8, 4) is 5.75 Å². The molecule has 20 heavy (non-hydrogen) atoms. The zero-order valence-corrected chi connectivity index (χ0v) is 12.5. The van der Waals surface area contributed by atoms with Gasteiger partial charge in [-0.1, -0.05) is 6.07 Å². The van der Waals surface area contributed by atoms with Gasteiger partial charge in [-0.3, -0.25) is 4.90 Å². The Morgan fingerprint density at radius 3 is 2.95 bits per heavy atom. The van der Waals surface area contributed by atoms with Crippen LogP contribution in [-0.4, -0.2) is 37.7 Å². The van der Waals surface area contributed by atoms with Gasteiger partial charge in [-0.2, -0.15) is 0 Å². The van der Waals surface area contributed by atoms with Crippen LogP contribution in [0.4, 0.5) is 4.39 Å². The Hall–Kier alpha value is -1.13. The van der Waals surface area contributed by atoms with Crippen molar-refractivity contribution in [3.63, 3.8) is 0 Å². The largest absolute Gasteiger partial charge is 0.491 e. The third-order valence-electron chi connectivity index (χ3n) is 3.90. The van der Waals surface area contributed by atoms with Crippen molar-refractivity contribution in [1.82, 2.24) is 10.2 Å². The van der Waals surface area contributed by atoms with Crippen LogP contribution >= 0.6 is 0 Å². The van der Waals surface area contributed by atoms with Crippen LogP contribution < -0.4 is 10.1 Å². The molecule has 112 valence electrons. The van der Waals surface area contributed by atoms with Crippen LogP contribution in [0.1, 0.15) is 31.7 Å². The van der Waals surface area contributed by atoms with Gasteiger partial charge in [-0.05, 0) is 64.0 Å². The molecular weight excluding hydrogens is 255 g/mol. The second-order valence-electron chi connectivity index (χ2n) is 5.45. The SMILES string of the molecule is CCOc1ccc(CN(C)C2CCCNCC2)cc1F. The van der Waals surface area contributed by atoms with Gasteiger partial charge in [-0.15, -0.1) is 0 Å². The lowest BCUT2D eigenvalue weighted by Crippen LogP contribution is -2.32. The van der Waals surface area contributed by atoms with Gasteiger partial charge in [0.05, 0.1) is 6.61 Å². The maximum absolute atomic E-state index is 13.8. The maximum Gasteiger partial charge on any atom is 0.165 e. The molecule has 1 heterocycles. The van der Waals surface area contributed by atoms with Crippen molar-refractivity contribution in [1.29, 1.82) is 0 Å². The number of nitrogens with one attached hydrogen (secondary N) is 1. The molecule has 1 atom stereocenters. The predicted molar refractivity (Wildman–Crippen MR) is 79.5 cm³/mol. The first-order chi connectivity index (χ1) is 9.70. The number of rotatable bonds is 5. The van der Waals surface area contributed by atoms with Crippen molar-refractivity contribution in [2.75, 3.05) is 26.7 Å². The predicted octanol–water partition coefficient (Wildman–Crippen LogP) is 2.80. The van der Waals surface area contributed by atoms with Gasteiger partial charge in [0.1, 0.15) is 0 Å². The highest BCUT2D eigenvalue weighted by Gasteiger charge is 2.17. The molecule has 1 aliphatic heterocycles. The van der Waals surface area contributed by atoms with Gasteiger partial charge in [-0.25, -0.2) is 4.39 Å². The van der Waals surface area contributed by atoms with Crippen LogP contribution in [0.3, 0.4) is 0 Å². The molecular formula is C16H25FN2O. The van der Waals surface area contributed by atoms with E-state index in [-0.39, 0.29) is 5.82 Å². The van der Waals surface area contributed by atoms with E-state index in [1.165, 1.54) is 12.8 Å². The van der Waals surface area contributed by atoms with Crippen molar-refractivity contribution < 1.29 is 9.13 Å².